The topological polar surface area (TPSA) is 91.7 Å². The molecule has 0 aromatic heterocycles. The predicted octanol–water partition coefficient (Wildman–Crippen LogP) is 3.54. The maximum absolute atomic E-state index is 12.7. The number of amides is 2. The Morgan fingerprint density at radius 3 is 2.61 bits per heavy atom. The molecule has 3 atom stereocenters. The van der Waals surface area contributed by atoms with Crippen molar-refractivity contribution in [3.8, 4) is 17.6 Å². The Morgan fingerprint density at radius 2 is 2.00 bits per heavy atom. The van der Waals surface area contributed by atoms with E-state index in [2.05, 4.69) is 12.2 Å². The van der Waals surface area contributed by atoms with Gasteiger partial charge in [-0.15, -0.1) is 0 Å². The van der Waals surface area contributed by atoms with E-state index in [1.165, 1.54) is 11.3 Å². The third kappa shape index (κ3) is 6.74. The van der Waals surface area contributed by atoms with Crippen LogP contribution in [0.1, 0.15) is 52.0 Å². The van der Waals surface area contributed by atoms with Gasteiger partial charge in [-0.05, 0) is 56.4 Å². The second-order valence-corrected chi connectivity index (χ2v) is 8.14. The minimum atomic E-state index is -0.673. The van der Waals surface area contributed by atoms with Gasteiger partial charge in [0.1, 0.15) is 11.6 Å². The second-order valence-electron chi connectivity index (χ2n) is 8.14. The van der Waals surface area contributed by atoms with Crippen LogP contribution >= 0.6 is 0 Å². The molecule has 1 saturated carbocycles. The number of nitriles is 1. The number of likely N-dealkylation sites (N-methyl/N-ethyl adjacent to an activating group) is 1. The summed E-state index contributed by atoms with van der Waals surface area (Å²) in [5.41, 5.74) is 0.691. The van der Waals surface area contributed by atoms with E-state index in [1.54, 1.807) is 45.3 Å². The van der Waals surface area contributed by atoms with Gasteiger partial charge in [-0.2, -0.15) is 5.26 Å². The van der Waals surface area contributed by atoms with Gasteiger partial charge in [0.25, 0.3) is 11.8 Å². The molecular weight excluding hydrogens is 394 g/mol. The summed E-state index contributed by atoms with van der Waals surface area (Å²) in [5, 5.41) is 12.5. The standard InChI is InChI=1S/C24H33N3O4/c1-6-30-22-14-18(11-12-21(22)31-17(3)24(29)27(4)5)13-19(15-25)23(28)26-20-10-8-7-9-16(20)2/h11-14,16-17,20H,6-10H2,1-5H3,(H,26,28)/b19-13+/t16-,17-,20-/m0/s1. The van der Waals surface area contributed by atoms with Crippen LogP contribution in [0, 0.1) is 17.2 Å². The molecule has 0 spiro atoms. The predicted molar refractivity (Wildman–Crippen MR) is 120 cm³/mol. The molecule has 7 heteroatoms. The molecule has 168 valence electrons. The van der Waals surface area contributed by atoms with Crippen LogP contribution in [0.25, 0.3) is 6.08 Å². The molecule has 0 bridgehead atoms. The molecule has 2 rings (SSSR count). The van der Waals surface area contributed by atoms with E-state index in [0.717, 1.165) is 19.3 Å². The highest BCUT2D eigenvalue weighted by atomic mass is 16.5. The van der Waals surface area contributed by atoms with E-state index < -0.39 is 6.10 Å². The van der Waals surface area contributed by atoms with Crippen molar-refractivity contribution >= 4 is 17.9 Å². The number of nitrogens with zero attached hydrogens (tertiary/aromatic N) is 2. The van der Waals surface area contributed by atoms with Crippen LogP contribution in [0.15, 0.2) is 23.8 Å². The molecule has 0 aliphatic heterocycles. The summed E-state index contributed by atoms with van der Waals surface area (Å²) in [6.45, 7) is 6.07. The molecule has 2 amide bonds. The number of benzene rings is 1. The quantitative estimate of drug-likeness (QED) is 0.506. The molecule has 1 aromatic rings. The van der Waals surface area contributed by atoms with Crippen molar-refractivity contribution in [3.63, 3.8) is 0 Å². The van der Waals surface area contributed by atoms with Crippen LogP contribution in [-0.2, 0) is 9.59 Å². The highest BCUT2D eigenvalue weighted by molar-refractivity contribution is 6.01. The fourth-order valence-electron chi connectivity index (χ4n) is 3.68. The van der Waals surface area contributed by atoms with Gasteiger partial charge in [0.15, 0.2) is 17.6 Å². The van der Waals surface area contributed by atoms with E-state index in [1.807, 2.05) is 13.0 Å². The number of rotatable bonds is 8. The van der Waals surface area contributed by atoms with Gasteiger partial charge in [-0.25, -0.2) is 0 Å². The Kier molecular flexibility index (Phi) is 8.92. The fraction of sp³-hybridized carbons (Fsp3) is 0.542. The zero-order valence-corrected chi connectivity index (χ0v) is 19.1. The van der Waals surface area contributed by atoms with E-state index in [0.29, 0.717) is 29.6 Å². The van der Waals surface area contributed by atoms with Gasteiger partial charge in [0.05, 0.1) is 6.61 Å². The van der Waals surface area contributed by atoms with E-state index >= 15 is 0 Å². The van der Waals surface area contributed by atoms with Crippen LogP contribution in [0.4, 0.5) is 0 Å². The molecule has 31 heavy (non-hydrogen) atoms. The first-order valence-electron chi connectivity index (χ1n) is 10.8. The summed E-state index contributed by atoms with van der Waals surface area (Å²) in [5.74, 6) is 0.774. The lowest BCUT2D eigenvalue weighted by Crippen LogP contribution is -2.41. The average molecular weight is 428 g/mol. The van der Waals surface area contributed by atoms with Crippen molar-refractivity contribution in [2.75, 3.05) is 20.7 Å². The molecular formula is C24H33N3O4. The summed E-state index contributed by atoms with van der Waals surface area (Å²) < 4.78 is 11.5. The number of carbonyl (C=O) groups is 2. The van der Waals surface area contributed by atoms with E-state index in [9.17, 15) is 14.9 Å². The van der Waals surface area contributed by atoms with Gasteiger partial charge in [-0.1, -0.05) is 25.8 Å². The molecule has 1 aliphatic rings. The number of nitrogens with one attached hydrogen (secondary N) is 1. The summed E-state index contributed by atoms with van der Waals surface area (Å²) >= 11 is 0. The number of hydrogen-bond acceptors (Lipinski definition) is 5. The SMILES string of the molecule is CCOc1cc(/C=C(\C#N)C(=O)N[C@H]2CCCC[C@@H]2C)ccc1O[C@@H](C)C(=O)N(C)C. The maximum atomic E-state index is 12.7. The van der Waals surface area contributed by atoms with Crippen molar-refractivity contribution < 1.29 is 19.1 Å². The first-order valence-corrected chi connectivity index (χ1v) is 10.8. The zero-order chi connectivity index (χ0) is 23.0. The Labute approximate surface area is 185 Å². The van der Waals surface area contributed by atoms with Crippen LogP contribution in [0.5, 0.6) is 11.5 Å². The van der Waals surface area contributed by atoms with Gasteiger partial charge >= 0.3 is 0 Å². The average Bonchev–Trinajstić information content (AvgIpc) is 2.74. The van der Waals surface area contributed by atoms with Gasteiger partial charge < -0.3 is 19.7 Å². The van der Waals surface area contributed by atoms with Crippen LogP contribution in [-0.4, -0.2) is 49.6 Å². The van der Waals surface area contributed by atoms with Crippen molar-refractivity contribution in [1.82, 2.24) is 10.2 Å². The Balaban J connectivity index is 2.20. The third-order valence-electron chi connectivity index (χ3n) is 5.46. The van der Waals surface area contributed by atoms with Gasteiger partial charge in [0, 0.05) is 20.1 Å². The van der Waals surface area contributed by atoms with E-state index in [4.69, 9.17) is 9.47 Å². The van der Waals surface area contributed by atoms with Crippen LogP contribution in [0.2, 0.25) is 0 Å². The first-order chi connectivity index (χ1) is 14.8. The number of carbonyl (C=O) groups excluding carboxylic acids is 2. The summed E-state index contributed by atoms with van der Waals surface area (Å²) in [6, 6.07) is 7.24. The van der Waals surface area contributed by atoms with Crippen molar-refractivity contribution in [2.45, 2.75) is 58.6 Å². The monoisotopic (exact) mass is 427 g/mol. The lowest BCUT2D eigenvalue weighted by Gasteiger charge is -2.29. The van der Waals surface area contributed by atoms with Crippen LogP contribution in [0.3, 0.4) is 0 Å². The fourth-order valence-corrected chi connectivity index (χ4v) is 3.68. The Morgan fingerprint density at radius 1 is 1.29 bits per heavy atom. The smallest absolute Gasteiger partial charge is 0.262 e. The van der Waals surface area contributed by atoms with E-state index in [-0.39, 0.29) is 23.4 Å². The second kappa shape index (κ2) is 11.4. The molecule has 0 heterocycles. The third-order valence-corrected chi connectivity index (χ3v) is 5.46. The molecule has 0 radical (unpaired) electrons. The zero-order valence-electron chi connectivity index (χ0n) is 19.1. The van der Waals surface area contributed by atoms with Gasteiger partial charge in [0.2, 0.25) is 0 Å². The van der Waals surface area contributed by atoms with Crippen molar-refractivity contribution in [1.29, 1.82) is 5.26 Å². The summed E-state index contributed by atoms with van der Waals surface area (Å²) in [6.07, 6.45) is 5.18. The minimum Gasteiger partial charge on any atom is -0.490 e. The first kappa shape index (κ1) is 24.3. The van der Waals surface area contributed by atoms with Crippen LogP contribution < -0.4 is 14.8 Å². The molecule has 1 N–H and O–H groups in total. The maximum Gasteiger partial charge on any atom is 0.262 e. The summed E-state index contributed by atoms with van der Waals surface area (Å²) in [7, 11) is 3.34. The molecule has 0 saturated heterocycles. The van der Waals surface area contributed by atoms with Gasteiger partial charge in [-0.3, -0.25) is 9.59 Å². The molecule has 7 nitrogen and oxygen atoms in total. The highest BCUT2D eigenvalue weighted by Gasteiger charge is 2.24. The lowest BCUT2D eigenvalue weighted by atomic mass is 9.86. The Bertz CT molecular complexity index is 857. The highest BCUT2D eigenvalue weighted by Crippen LogP contribution is 2.30. The molecule has 1 aliphatic carbocycles. The largest absolute Gasteiger partial charge is 0.490 e. The van der Waals surface area contributed by atoms with Crippen molar-refractivity contribution in [2.24, 2.45) is 5.92 Å². The molecule has 1 aromatic carbocycles. The molecule has 1 fully saturated rings. The Hall–Kier alpha value is -3.01. The normalized spacial score (nSPS) is 19.7. The number of ether oxygens (including phenoxy) is 2. The molecule has 0 unspecified atom stereocenters. The number of hydrogen-bond donors (Lipinski definition) is 1. The lowest BCUT2D eigenvalue weighted by molar-refractivity contribution is -0.135. The minimum absolute atomic E-state index is 0.0463. The van der Waals surface area contributed by atoms with Crippen molar-refractivity contribution in [3.05, 3.63) is 29.3 Å². The summed E-state index contributed by atoms with van der Waals surface area (Å²) in [4.78, 5) is 26.2.